The largest absolute Gasteiger partial charge is 0.478 e. The van der Waals surface area contributed by atoms with Crippen molar-refractivity contribution in [2.24, 2.45) is 5.11 Å². The third-order valence-corrected chi connectivity index (χ3v) is 2.31. The van der Waals surface area contributed by atoms with Crippen molar-refractivity contribution < 1.29 is 9.90 Å². The number of aryl methyl sites for hydroxylation is 1. The quantitative estimate of drug-likeness (QED) is 0.499. The predicted octanol–water partition coefficient (Wildman–Crippen LogP) is 3.40. The lowest BCUT2D eigenvalue weighted by molar-refractivity contribution is 0.0696. The van der Waals surface area contributed by atoms with Gasteiger partial charge in [0, 0.05) is 9.38 Å². The molecule has 0 fully saturated rings. The molecule has 0 aliphatic carbocycles. The van der Waals surface area contributed by atoms with Crippen molar-refractivity contribution in [3.8, 4) is 0 Å². The van der Waals surface area contributed by atoms with Gasteiger partial charge in [0.25, 0.3) is 0 Å². The molecule has 72 valence electrons. The van der Waals surface area contributed by atoms with Crippen molar-refractivity contribution >= 4 is 27.6 Å². The highest BCUT2D eigenvalue weighted by atomic mass is 79.9. The summed E-state index contributed by atoms with van der Waals surface area (Å²) in [5, 5.41) is 12.2. The highest BCUT2D eigenvalue weighted by molar-refractivity contribution is 9.10. The maximum atomic E-state index is 10.7. The van der Waals surface area contributed by atoms with E-state index in [1.807, 2.05) is 0 Å². The van der Waals surface area contributed by atoms with Crippen LogP contribution < -0.4 is 0 Å². The highest BCUT2D eigenvalue weighted by Crippen LogP contribution is 2.28. The number of halogens is 1. The van der Waals surface area contributed by atoms with Crippen LogP contribution in [-0.4, -0.2) is 11.1 Å². The molecule has 0 saturated carbocycles. The van der Waals surface area contributed by atoms with Crippen LogP contribution in [0.15, 0.2) is 21.7 Å². The molecule has 5 nitrogen and oxygen atoms in total. The molecule has 0 heterocycles. The number of carboxylic acids is 1. The first-order valence-electron chi connectivity index (χ1n) is 3.65. The summed E-state index contributed by atoms with van der Waals surface area (Å²) in [6, 6.07) is 2.94. The van der Waals surface area contributed by atoms with E-state index in [-0.39, 0.29) is 11.3 Å². The fourth-order valence-corrected chi connectivity index (χ4v) is 1.55. The van der Waals surface area contributed by atoms with Crippen LogP contribution in [0.4, 0.5) is 5.69 Å². The van der Waals surface area contributed by atoms with Crippen molar-refractivity contribution in [1.29, 1.82) is 0 Å². The SMILES string of the molecule is Cc1cc(Br)c(N=[N+]=[N-])cc1C(=O)O. The number of carboxylic acid groups (broad SMARTS) is 1. The number of benzene rings is 1. The second kappa shape index (κ2) is 4.13. The fourth-order valence-electron chi connectivity index (χ4n) is 1.02. The average Bonchev–Trinajstić information content (AvgIpc) is 2.09. The molecule has 1 rings (SSSR count). The van der Waals surface area contributed by atoms with Gasteiger partial charge in [-0.15, -0.1) is 0 Å². The van der Waals surface area contributed by atoms with E-state index in [1.165, 1.54) is 6.07 Å². The van der Waals surface area contributed by atoms with Gasteiger partial charge in [-0.05, 0) is 30.2 Å². The maximum absolute atomic E-state index is 10.7. The van der Waals surface area contributed by atoms with E-state index in [9.17, 15) is 4.79 Å². The molecule has 0 amide bonds. The smallest absolute Gasteiger partial charge is 0.335 e. The number of aromatic carboxylic acids is 1. The Balaban J connectivity index is 3.41. The molecular weight excluding hydrogens is 250 g/mol. The Morgan fingerprint density at radius 3 is 2.79 bits per heavy atom. The third-order valence-electron chi connectivity index (χ3n) is 1.68. The van der Waals surface area contributed by atoms with Gasteiger partial charge < -0.3 is 5.11 Å². The van der Waals surface area contributed by atoms with Crippen molar-refractivity contribution in [3.05, 3.63) is 38.2 Å². The van der Waals surface area contributed by atoms with Crippen LogP contribution >= 0.6 is 15.9 Å². The molecule has 6 heteroatoms. The first-order chi connectivity index (χ1) is 6.56. The van der Waals surface area contributed by atoms with Gasteiger partial charge in [0.2, 0.25) is 0 Å². The van der Waals surface area contributed by atoms with E-state index in [1.54, 1.807) is 13.0 Å². The van der Waals surface area contributed by atoms with Crippen LogP contribution in [0.25, 0.3) is 10.4 Å². The summed E-state index contributed by atoms with van der Waals surface area (Å²) in [6.45, 7) is 1.67. The Kier molecular flexibility index (Phi) is 3.11. The molecule has 0 radical (unpaired) electrons. The number of azide groups is 1. The lowest BCUT2D eigenvalue weighted by atomic mass is 10.1. The standard InChI is InChI=1S/C8H6BrN3O2/c1-4-2-6(9)7(11-12-10)3-5(4)8(13)14/h2-3H,1H3,(H,13,14). The van der Waals surface area contributed by atoms with Gasteiger partial charge in [-0.25, -0.2) is 4.79 Å². The van der Waals surface area contributed by atoms with Gasteiger partial charge in [-0.1, -0.05) is 21.0 Å². The van der Waals surface area contributed by atoms with Crippen molar-refractivity contribution in [3.63, 3.8) is 0 Å². The Morgan fingerprint density at radius 2 is 2.29 bits per heavy atom. The minimum Gasteiger partial charge on any atom is -0.478 e. The molecule has 14 heavy (non-hydrogen) atoms. The van der Waals surface area contributed by atoms with E-state index >= 15 is 0 Å². The van der Waals surface area contributed by atoms with Crippen LogP contribution in [-0.2, 0) is 0 Å². The molecule has 1 N–H and O–H groups in total. The predicted molar refractivity (Wildman–Crippen MR) is 54.6 cm³/mol. The van der Waals surface area contributed by atoms with Crippen molar-refractivity contribution in [1.82, 2.24) is 0 Å². The summed E-state index contributed by atoms with van der Waals surface area (Å²) in [5.74, 6) is -1.04. The molecule has 0 bridgehead atoms. The zero-order valence-electron chi connectivity index (χ0n) is 7.23. The van der Waals surface area contributed by atoms with E-state index in [0.717, 1.165) is 0 Å². The Hall–Kier alpha value is -1.52. The van der Waals surface area contributed by atoms with Gasteiger partial charge >= 0.3 is 5.97 Å². The Morgan fingerprint density at radius 1 is 1.64 bits per heavy atom. The Labute approximate surface area is 88.1 Å². The lowest BCUT2D eigenvalue weighted by Gasteiger charge is -2.03. The van der Waals surface area contributed by atoms with Crippen molar-refractivity contribution in [2.75, 3.05) is 0 Å². The minimum absolute atomic E-state index is 0.135. The summed E-state index contributed by atoms with van der Waals surface area (Å²) in [7, 11) is 0. The molecular formula is C8H6BrN3O2. The van der Waals surface area contributed by atoms with E-state index in [0.29, 0.717) is 10.0 Å². The monoisotopic (exact) mass is 255 g/mol. The number of carbonyl (C=O) groups is 1. The normalized spacial score (nSPS) is 9.29. The Bertz CT molecular complexity index is 415. The lowest BCUT2D eigenvalue weighted by Crippen LogP contribution is -1.99. The average molecular weight is 256 g/mol. The molecule has 0 saturated heterocycles. The van der Waals surface area contributed by atoms with Crippen LogP contribution in [0.2, 0.25) is 0 Å². The first kappa shape index (κ1) is 10.6. The number of rotatable bonds is 2. The van der Waals surface area contributed by atoms with E-state index < -0.39 is 5.97 Å². The highest BCUT2D eigenvalue weighted by Gasteiger charge is 2.09. The number of hydrogen-bond donors (Lipinski definition) is 1. The molecule has 1 aromatic rings. The number of hydrogen-bond acceptors (Lipinski definition) is 2. The van der Waals surface area contributed by atoms with Crippen molar-refractivity contribution in [2.45, 2.75) is 6.92 Å². The van der Waals surface area contributed by atoms with Gasteiger partial charge in [-0.3, -0.25) is 0 Å². The molecule has 0 unspecified atom stereocenters. The minimum atomic E-state index is -1.04. The van der Waals surface area contributed by atoms with Crippen LogP contribution in [0, 0.1) is 6.92 Å². The number of nitrogens with zero attached hydrogens (tertiary/aromatic N) is 3. The summed E-state index contributed by atoms with van der Waals surface area (Å²) in [4.78, 5) is 13.3. The second-order valence-corrected chi connectivity index (χ2v) is 3.47. The van der Waals surface area contributed by atoms with Crippen LogP contribution in [0.1, 0.15) is 15.9 Å². The zero-order valence-corrected chi connectivity index (χ0v) is 8.82. The summed E-state index contributed by atoms with van der Waals surface area (Å²) >= 11 is 3.17. The third kappa shape index (κ3) is 2.04. The molecule has 0 spiro atoms. The molecule has 0 aliphatic heterocycles. The van der Waals surface area contributed by atoms with Gasteiger partial charge in [-0.2, -0.15) is 0 Å². The van der Waals surface area contributed by atoms with E-state index in [2.05, 4.69) is 26.0 Å². The zero-order chi connectivity index (χ0) is 10.7. The molecule has 0 aromatic heterocycles. The summed E-state index contributed by atoms with van der Waals surface area (Å²) in [5.41, 5.74) is 9.25. The maximum Gasteiger partial charge on any atom is 0.335 e. The van der Waals surface area contributed by atoms with E-state index in [4.69, 9.17) is 10.6 Å². The van der Waals surface area contributed by atoms with Crippen LogP contribution in [0.5, 0.6) is 0 Å². The molecule has 0 atom stereocenters. The summed E-state index contributed by atoms with van der Waals surface area (Å²) in [6.07, 6.45) is 0. The van der Waals surface area contributed by atoms with Crippen LogP contribution in [0.3, 0.4) is 0 Å². The summed E-state index contributed by atoms with van der Waals surface area (Å²) < 4.78 is 0.581. The molecule has 0 aliphatic rings. The van der Waals surface area contributed by atoms with Gasteiger partial charge in [0.1, 0.15) is 0 Å². The fraction of sp³-hybridized carbons (Fsp3) is 0.125. The van der Waals surface area contributed by atoms with Gasteiger partial charge in [0.15, 0.2) is 0 Å². The molecule has 1 aromatic carbocycles. The first-order valence-corrected chi connectivity index (χ1v) is 4.44. The van der Waals surface area contributed by atoms with Gasteiger partial charge in [0.05, 0.1) is 11.3 Å². The topological polar surface area (TPSA) is 86.1 Å². The second-order valence-electron chi connectivity index (χ2n) is 2.61.